The molecule has 1 heterocycles. The summed E-state index contributed by atoms with van der Waals surface area (Å²) in [7, 11) is -2.47. The molecule has 0 saturated carbocycles. The predicted octanol–water partition coefficient (Wildman–Crippen LogP) is 4.19. The van der Waals surface area contributed by atoms with Crippen LogP contribution in [0.4, 0.5) is 0 Å². The van der Waals surface area contributed by atoms with Crippen molar-refractivity contribution in [2.24, 2.45) is 0 Å². The van der Waals surface area contributed by atoms with Gasteiger partial charge in [-0.1, -0.05) is 32.0 Å². The summed E-state index contributed by atoms with van der Waals surface area (Å²) >= 11 is 0. The largest absolute Gasteiger partial charge is 0.496 e. The minimum atomic E-state index is -3.92. The van der Waals surface area contributed by atoms with Gasteiger partial charge in [0.1, 0.15) is 17.1 Å². The lowest BCUT2D eigenvalue weighted by molar-refractivity contribution is 0.0260. The molecule has 32 heavy (non-hydrogen) atoms. The quantitative estimate of drug-likeness (QED) is 0.616. The average Bonchev–Trinajstić information content (AvgIpc) is 2.77. The number of hydrogen-bond donors (Lipinski definition) is 2. The molecule has 0 radical (unpaired) electrons. The molecule has 3 rings (SSSR count). The fraction of sp³-hybridized carbons (Fsp3) is 0.458. The number of methoxy groups -OCH3 is 1. The van der Waals surface area contributed by atoms with Crippen LogP contribution < -0.4 is 19.5 Å². The Hall–Kier alpha value is -2.58. The SMILES string of the molecule is CCC1(CC)CC(NS(=O)(=O)c2ccc(OC)c(C(=O)NC(C)C)c2)c2ccccc2O1. The number of fused-ring (bicyclic) bond motifs is 1. The Morgan fingerprint density at radius 2 is 1.88 bits per heavy atom. The lowest BCUT2D eigenvalue weighted by atomic mass is 9.84. The van der Waals surface area contributed by atoms with Crippen LogP contribution in [0.3, 0.4) is 0 Å². The molecule has 2 aromatic carbocycles. The van der Waals surface area contributed by atoms with Gasteiger partial charge in [-0.2, -0.15) is 0 Å². The number of ether oxygens (including phenoxy) is 2. The van der Waals surface area contributed by atoms with Crippen molar-refractivity contribution in [2.45, 2.75) is 69.5 Å². The summed E-state index contributed by atoms with van der Waals surface area (Å²) in [6, 6.07) is 11.3. The molecule has 0 bridgehead atoms. The molecule has 2 N–H and O–H groups in total. The van der Waals surface area contributed by atoms with E-state index in [4.69, 9.17) is 9.47 Å². The fourth-order valence-corrected chi connectivity index (χ4v) is 5.27. The zero-order valence-corrected chi connectivity index (χ0v) is 20.1. The van der Waals surface area contributed by atoms with Crippen LogP contribution >= 0.6 is 0 Å². The number of nitrogens with one attached hydrogen (secondary N) is 2. The first-order valence-electron chi connectivity index (χ1n) is 10.9. The van der Waals surface area contributed by atoms with E-state index in [1.54, 1.807) is 0 Å². The normalized spacial score (nSPS) is 17.4. The van der Waals surface area contributed by atoms with Crippen LogP contribution in [0, 0.1) is 0 Å². The minimum Gasteiger partial charge on any atom is -0.496 e. The first kappa shape index (κ1) is 24.1. The van der Waals surface area contributed by atoms with Crippen LogP contribution in [0.25, 0.3) is 0 Å². The highest BCUT2D eigenvalue weighted by Gasteiger charge is 2.40. The molecule has 0 fully saturated rings. The second-order valence-corrected chi connectivity index (χ2v) is 10.1. The van der Waals surface area contributed by atoms with Crippen LogP contribution in [0.5, 0.6) is 11.5 Å². The summed E-state index contributed by atoms with van der Waals surface area (Å²) in [4.78, 5) is 12.6. The number of carbonyl (C=O) groups is 1. The van der Waals surface area contributed by atoms with Gasteiger partial charge in [0, 0.05) is 18.0 Å². The zero-order valence-electron chi connectivity index (χ0n) is 19.3. The van der Waals surface area contributed by atoms with Gasteiger partial charge >= 0.3 is 0 Å². The van der Waals surface area contributed by atoms with Gasteiger partial charge in [-0.05, 0) is 51.0 Å². The number of sulfonamides is 1. The third kappa shape index (κ3) is 4.91. The predicted molar refractivity (Wildman–Crippen MR) is 124 cm³/mol. The Bertz CT molecular complexity index is 1080. The number of rotatable bonds is 8. The van der Waals surface area contributed by atoms with Crippen molar-refractivity contribution in [3.05, 3.63) is 53.6 Å². The molecule has 1 aliphatic rings. The van der Waals surface area contributed by atoms with Crippen LogP contribution in [-0.4, -0.2) is 33.1 Å². The molecule has 1 aliphatic heterocycles. The maximum atomic E-state index is 13.4. The number of para-hydroxylation sites is 1. The van der Waals surface area contributed by atoms with Crippen molar-refractivity contribution in [2.75, 3.05) is 7.11 Å². The Balaban J connectivity index is 1.98. The van der Waals surface area contributed by atoms with Gasteiger partial charge in [-0.15, -0.1) is 0 Å². The van der Waals surface area contributed by atoms with Gasteiger partial charge in [0.15, 0.2) is 0 Å². The molecule has 8 heteroatoms. The Morgan fingerprint density at radius 1 is 1.19 bits per heavy atom. The molecule has 0 aliphatic carbocycles. The topological polar surface area (TPSA) is 93.7 Å². The van der Waals surface area contributed by atoms with Crippen molar-refractivity contribution in [1.29, 1.82) is 0 Å². The summed E-state index contributed by atoms with van der Waals surface area (Å²) in [5.74, 6) is 0.623. The van der Waals surface area contributed by atoms with Gasteiger partial charge in [0.05, 0.1) is 23.6 Å². The maximum Gasteiger partial charge on any atom is 0.255 e. The highest BCUT2D eigenvalue weighted by Crippen LogP contribution is 2.43. The second-order valence-electron chi connectivity index (χ2n) is 8.40. The lowest BCUT2D eigenvalue weighted by Crippen LogP contribution is -2.44. The summed E-state index contributed by atoms with van der Waals surface area (Å²) in [5, 5.41) is 2.78. The molecule has 1 atom stereocenters. The summed E-state index contributed by atoms with van der Waals surface area (Å²) < 4.78 is 41.2. The van der Waals surface area contributed by atoms with Gasteiger partial charge in [0.2, 0.25) is 10.0 Å². The third-order valence-corrected chi connectivity index (χ3v) is 7.40. The molecule has 174 valence electrons. The van der Waals surface area contributed by atoms with Crippen molar-refractivity contribution in [3.8, 4) is 11.5 Å². The smallest absolute Gasteiger partial charge is 0.255 e. The molecule has 0 saturated heterocycles. The maximum absolute atomic E-state index is 13.4. The molecule has 0 spiro atoms. The van der Waals surface area contributed by atoms with Crippen molar-refractivity contribution in [1.82, 2.24) is 10.0 Å². The summed E-state index contributed by atoms with van der Waals surface area (Å²) in [6.07, 6.45) is 2.04. The standard InChI is InChI=1S/C24H32N2O5S/c1-6-24(7-2)15-20(18-10-8-9-11-22(18)31-24)26-32(28,29)17-12-13-21(30-5)19(14-17)23(27)25-16(3)4/h8-14,16,20,26H,6-7,15H2,1-5H3,(H,25,27). The molecule has 7 nitrogen and oxygen atoms in total. The summed E-state index contributed by atoms with van der Waals surface area (Å²) in [6.45, 7) is 7.77. The van der Waals surface area contributed by atoms with Crippen molar-refractivity contribution >= 4 is 15.9 Å². The van der Waals surface area contributed by atoms with Gasteiger partial charge in [0.25, 0.3) is 5.91 Å². The van der Waals surface area contributed by atoms with E-state index in [1.807, 2.05) is 52.0 Å². The van der Waals surface area contributed by atoms with Crippen molar-refractivity contribution < 1.29 is 22.7 Å². The van der Waals surface area contributed by atoms with E-state index < -0.39 is 21.7 Å². The number of hydrogen-bond acceptors (Lipinski definition) is 5. The van der Waals surface area contributed by atoms with E-state index >= 15 is 0 Å². The summed E-state index contributed by atoms with van der Waals surface area (Å²) in [5.41, 5.74) is 0.539. The van der Waals surface area contributed by atoms with Crippen LogP contribution in [-0.2, 0) is 10.0 Å². The molecule has 1 unspecified atom stereocenters. The van der Waals surface area contributed by atoms with Gasteiger partial charge < -0.3 is 14.8 Å². The molecule has 1 amide bonds. The van der Waals surface area contributed by atoms with E-state index in [0.29, 0.717) is 17.9 Å². The Kier molecular flexibility index (Phi) is 7.15. The minimum absolute atomic E-state index is 0.00905. The third-order valence-electron chi connectivity index (χ3n) is 5.93. The number of amides is 1. The van der Waals surface area contributed by atoms with E-state index in [-0.39, 0.29) is 22.4 Å². The highest BCUT2D eigenvalue weighted by atomic mass is 32.2. The average molecular weight is 461 g/mol. The lowest BCUT2D eigenvalue weighted by Gasteiger charge is -2.41. The number of carbonyl (C=O) groups excluding carboxylic acids is 1. The first-order valence-corrected chi connectivity index (χ1v) is 12.4. The Labute approximate surface area is 190 Å². The first-order chi connectivity index (χ1) is 15.1. The van der Waals surface area contributed by atoms with E-state index in [9.17, 15) is 13.2 Å². The number of benzene rings is 2. The highest BCUT2D eigenvalue weighted by molar-refractivity contribution is 7.89. The fourth-order valence-electron chi connectivity index (χ4n) is 4.03. The van der Waals surface area contributed by atoms with Crippen LogP contribution in [0.15, 0.2) is 47.4 Å². The molecular formula is C24H32N2O5S. The molecule has 2 aromatic rings. The Morgan fingerprint density at radius 3 is 2.50 bits per heavy atom. The van der Waals surface area contributed by atoms with E-state index in [1.165, 1.54) is 25.3 Å². The van der Waals surface area contributed by atoms with Crippen molar-refractivity contribution in [3.63, 3.8) is 0 Å². The van der Waals surface area contributed by atoms with Crippen LogP contribution in [0.2, 0.25) is 0 Å². The van der Waals surface area contributed by atoms with E-state index in [2.05, 4.69) is 10.0 Å². The monoisotopic (exact) mass is 460 g/mol. The second kappa shape index (κ2) is 9.50. The van der Waals surface area contributed by atoms with Gasteiger partial charge in [-0.25, -0.2) is 13.1 Å². The van der Waals surface area contributed by atoms with Gasteiger partial charge in [-0.3, -0.25) is 4.79 Å². The molecule has 0 aromatic heterocycles. The van der Waals surface area contributed by atoms with Crippen LogP contribution in [0.1, 0.15) is 68.9 Å². The van der Waals surface area contributed by atoms with E-state index in [0.717, 1.165) is 18.4 Å². The zero-order chi connectivity index (χ0) is 23.5. The molecular weight excluding hydrogens is 428 g/mol.